The Morgan fingerprint density at radius 3 is 2.50 bits per heavy atom. The molecule has 0 aromatic rings. The van der Waals surface area contributed by atoms with E-state index < -0.39 is 0 Å². The van der Waals surface area contributed by atoms with Crippen molar-refractivity contribution in [1.29, 1.82) is 0 Å². The SMILES string of the molecule is CCCCCNC(=S)NCCS. The van der Waals surface area contributed by atoms with Gasteiger partial charge in [0, 0.05) is 18.8 Å². The van der Waals surface area contributed by atoms with Crippen molar-refractivity contribution in [3.8, 4) is 0 Å². The molecule has 0 saturated heterocycles. The van der Waals surface area contributed by atoms with Gasteiger partial charge in [0.05, 0.1) is 0 Å². The van der Waals surface area contributed by atoms with Gasteiger partial charge in [0.25, 0.3) is 0 Å². The average molecular weight is 206 g/mol. The first-order valence-electron chi connectivity index (χ1n) is 4.43. The van der Waals surface area contributed by atoms with E-state index in [0.29, 0.717) is 0 Å². The van der Waals surface area contributed by atoms with Crippen molar-refractivity contribution in [2.45, 2.75) is 26.2 Å². The molecule has 2 nitrogen and oxygen atoms in total. The molecule has 4 heteroatoms. The van der Waals surface area contributed by atoms with E-state index in [1.54, 1.807) is 0 Å². The summed E-state index contributed by atoms with van der Waals surface area (Å²) in [6.07, 6.45) is 3.71. The highest BCUT2D eigenvalue weighted by Crippen LogP contribution is 1.90. The predicted octanol–water partition coefficient (Wildman–Crippen LogP) is 1.57. The van der Waals surface area contributed by atoms with Crippen LogP contribution < -0.4 is 10.6 Å². The second-order valence-electron chi connectivity index (χ2n) is 2.61. The number of hydrogen-bond acceptors (Lipinski definition) is 2. The van der Waals surface area contributed by atoms with Crippen molar-refractivity contribution in [3.63, 3.8) is 0 Å². The van der Waals surface area contributed by atoms with E-state index in [0.717, 1.165) is 24.0 Å². The van der Waals surface area contributed by atoms with Gasteiger partial charge in [-0.3, -0.25) is 0 Å². The molecule has 0 atom stereocenters. The molecule has 0 bridgehead atoms. The second-order valence-corrected chi connectivity index (χ2v) is 3.47. The first-order chi connectivity index (χ1) is 5.81. The molecular weight excluding hydrogens is 188 g/mol. The van der Waals surface area contributed by atoms with E-state index in [4.69, 9.17) is 12.2 Å². The highest BCUT2D eigenvalue weighted by atomic mass is 32.1. The molecule has 12 heavy (non-hydrogen) atoms. The molecule has 0 aliphatic heterocycles. The Kier molecular flexibility index (Phi) is 9.16. The topological polar surface area (TPSA) is 24.1 Å². The molecule has 0 rings (SSSR count). The molecular formula is C8H18N2S2. The van der Waals surface area contributed by atoms with Crippen molar-refractivity contribution in [2.24, 2.45) is 0 Å². The Hall–Kier alpha value is 0.0400. The summed E-state index contributed by atoms with van der Waals surface area (Å²) < 4.78 is 0. The Morgan fingerprint density at radius 2 is 1.92 bits per heavy atom. The first kappa shape index (κ1) is 12.0. The molecule has 0 spiro atoms. The van der Waals surface area contributed by atoms with Crippen molar-refractivity contribution in [3.05, 3.63) is 0 Å². The van der Waals surface area contributed by atoms with Gasteiger partial charge in [0.1, 0.15) is 0 Å². The Balaban J connectivity index is 3.08. The summed E-state index contributed by atoms with van der Waals surface area (Å²) in [7, 11) is 0. The van der Waals surface area contributed by atoms with E-state index >= 15 is 0 Å². The third-order valence-electron chi connectivity index (χ3n) is 1.46. The molecule has 0 heterocycles. The molecule has 0 radical (unpaired) electrons. The minimum atomic E-state index is 0.750. The van der Waals surface area contributed by atoms with Crippen molar-refractivity contribution < 1.29 is 0 Å². The molecule has 0 amide bonds. The Morgan fingerprint density at radius 1 is 1.25 bits per heavy atom. The van der Waals surface area contributed by atoms with Crippen LogP contribution in [-0.2, 0) is 0 Å². The zero-order valence-corrected chi connectivity index (χ0v) is 9.31. The third-order valence-corrected chi connectivity index (χ3v) is 1.98. The lowest BCUT2D eigenvalue weighted by atomic mass is 10.2. The molecule has 0 aromatic heterocycles. The van der Waals surface area contributed by atoms with Crippen LogP contribution in [-0.4, -0.2) is 24.0 Å². The Labute approximate surface area is 85.9 Å². The average Bonchev–Trinajstić information content (AvgIpc) is 2.09. The quantitative estimate of drug-likeness (QED) is 0.349. The minimum absolute atomic E-state index is 0.750. The molecule has 0 fully saturated rings. The summed E-state index contributed by atoms with van der Waals surface area (Å²) in [5.74, 6) is 0.816. The highest BCUT2D eigenvalue weighted by molar-refractivity contribution is 7.80. The smallest absolute Gasteiger partial charge is 0.166 e. The lowest BCUT2D eigenvalue weighted by molar-refractivity contribution is 0.690. The summed E-state index contributed by atoms with van der Waals surface area (Å²) in [4.78, 5) is 0. The fourth-order valence-electron chi connectivity index (χ4n) is 0.809. The van der Waals surface area contributed by atoms with Crippen LogP contribution in [0.4, 0.5) is 0 Å². The van der Waals surface area contributed by atoms with Crippen molar-refractivity contribution >= 4 is 30.0 Å². The molecule has 0 unspecified atom stereocenters. The van der Waals surface area contributed by atoms with Crippen LogP contribution in [0.1, 0.15) is 26.2 Å². The maximum atomic E-state index is 5.01. The van der Waals surface area contributed by atoms with Gasteiger partial charge >= 0.3 is 0 Å². The molecule has 0 aromatic carbocycles. The van der Waals surface area contributed by atoms with Gasteiger partial charge in [-0.2, -0.15) is 12.6 Å². The first-order valence-corrected chi connectivity index (χ1v) is 5.48. The van der Waals surface area contributed by atoms with Crippen LogP contribution in [0, 0.1) is 0 Å². The number of rotatable bonds is 6. The second kappa shape index (κ2) is 9.13. The summed E-state index contributed by atoms with van der Waals surface area (Å²) in [5, 5.41) is 6.94. The number of thiocarbonyl (C=S) groups is 1. The van der Waals surface area contributed by atoms with Gasteiger partial charge in [-0.25, -0.2) is 0 Å². The summed E-state index contributed by atoms with van der Waals surface area (Å²) >= 11 is 9.08. The van der Waals surface area contributed by atoms with Crippen LogP contribution in [0.2, 0.25) is 0 Å². The maximum Gasteiger partial charge on any atom is 0.166 e. The zero-order valence-electron chi connectivity index (χ0n) is 7.60. The fraction of sp³-hybridized carbons (Fsp3) is 0.875. The molecule has 0 aliphatic rings. The number of nitrogens with one attached hydrogen (secondary N) is 2. The van der Waals surface area contributed by atoms with Crippen LogP contribution in [0.3, 0.4) is 0 Å². The van der Waals surface area contributed by atoms with E-state index in [2.05, 4.69) is 30.2 Å². The number of thiol groups is 1. The van der Waals surface area contributed by atoms with E-state index in [9.17, 15) is 0 Å². The van der Waals surface area contributed by atoms with Crippen molar-refractivity contribution in [2.75, 3.05) is 18.8 Å². The number of unbranched alkanes of at least 4 members (excludes halogenated alkanes) is 2. The van der Waals surface area contributed by atoms with Crippen LogP contribution in [0.5, 0.6) is 0 Å². The standard InChI is InChI=1S/C8H18N2S2/c1-2-3-4-5-9-8(12)10-6-7-11/h11H,2-7H2,1H3,(H2,9,10,12). The molecule has 2 N–H and O–H groups in total. The highest BCUT2D eigenvalue weighted by Gasteiger charge is 1.91. The van der Waals surface area contributed by atoms with Gasteiger partial charge in [-0.05, 0) is 18.6 Å². The maximum absolute atomic E-state index is 5.01. The van der Waals surface area contributed by atoms with E-state index in [1.807, 2.05) is 0 Å². The molecule has 72 valence electrons. The van der Waals surface area contributed by atoms with Crippen LogP contribution >= 0.6 is 24.8 Å². The normalized spacial score (nSPS) is 9.50. The predicted molar refractivity (Wildman–Crippen MR) is 62.0 cm³/mol. The van der Waals surface area contributed by atoms with E-state index in [1.165, 1.54) is 19.3 Å². The largest absolute Gasteiger partial charge is 0.363 e. The van der Waals surface area contributed by atoms with Crippen molar-refractivity contribution in [1.82, 2.24) is 10.6 Å². The van der Waals surface area contributed by atoms with Gasteiger partial charge in [-0.15, -0.1) is 0 Å². The third kappa shape index (κ3) is 8.14. The van der Waals surface area contributed by atoms with Gasteiger partial charge < -0.3 is 10.6 Å². The monoisotopic (exact) mass is 206 g/mol. The minimum Gasteiger partial charge on any atom is -0.363 e. The molecule has 0 saturated carbocycles. The van der Waals surface area contributed by atoms with Gasteiger partial charge in [-0.1, -0.05) is 19.8 Å². The lowest BCUT2D eigenvalue weighted by Gasteiger charge is -2.08. The van der Waals surface area contributed by atoms with Crippen LogP contribution in [0.25, 0.3) is 0 Å². The zero-order chi connectivity index (χ0) is 9.23. The Bertz CT molecular complexity index is 118. The summed E-state index contributed by atoms with van der Waals surface area (Å²) in [5.41, 5.74) is 0. The van der Waals surface area contributed by atoms with Crippen LogP contribution in [0.15, 0.2) is 0 Å². The van der Waals surface area contributed by atoms with Gasteiger partial charge in [0.15, 0.2) is 5.11 Å². The lowest BCUT2D eigenvalue weighted by Crippen LogP contribution is -2.36. The van der Waals surface area contributed by atoms with E-state index in [-0.39, 0.29) is 0 Å². The number of hydrogen-bond donors (Lipinski definition) is 3. The fourth-order valence-corrected chi connectivity index (χ4v) is 1.12. The molecule has 0 aliphatic carbocycles. The van der Waals surface area contributed by atoms with Gasteiger partial charge in [0.2, 0.25) is 0 Å². The summed E-state index contributed by atoms with van der Waals surface area (Å²) in [6, 6.07) is 0. The summed E-state index contributed by atoms with van der Waals surface area (Å²) in [6.45, 7) is 4.01.